The van der Waals surface area contributed by atoms with Crippen molar-refractivity contribution in [3.05, 3.63) is 59.7 Å². The highest BCUT2D eigenvalue weighted by Crippen LogP contribution is 2.31. The Kier molecular flexibility index (Phi) is 2.36. The quantitative estimate of drug-likeness (QED) is 0.504. The Labute approximate surface area is 128 Å². The number of rotatable bonds is 1. The van der Waals surface area contributed by atoms with Gasteiger partial charge in [0.2, 0.25) is 12.2 Å². The van der Waals surface area contributed by atoms with Crippen molar-refractivity contribution in [2.24, 2.45) is 4.99 Å². The molecule has 0 amide bonds. The molecule has 0 fully saturated rings. The van der Waals surface area contributed by atoms with Crippen LogP contribution in [0.5, 0.6) is 0 Å². The Bertz CT molecular complexity index is 930. The average molecular weight is 287 g/mol. The first-order valence-corrected chi connectivity index (χ1v) is 7.60. The molecule has 1 aromatic heterocycles. The summed E-state index contributed by atoms with van der Waals surface area (Å²) in [6.45, 7) is 1.90. The van der Waals surface area contributed by atoms with E-state index in [2.05, 4.69) is 50.9 Å². The molecule has 3 aromatic rings. The third-order valence-electron chi connectivity index (χ3n) is 4.52. The molecule has 0 unspecified atom stereocenters. The van der Waals surface area contributed by atoms with Crippen LogP contribution in [0.3, 0.4) is 0 Å². The summed E-state index contributed by atoms with van der Waals surface area (Å²) >= 11 is 0. The molecule has 0 N–H and O–H groups in total. The van der Waals surface area contributed by atoms with Gasteiger partial charge in [-0.2, -0.15) is 4.57 Å². The van der Waals surface area contributed by atoms with Gasteiger partial charge in [-0.15, -0.1) is 0 Å². The molecule has 106 valence electrons. The summed E-state index contributed by atoms with van der Waals surface area (Å²) in [6.07, 6.45) is 2.94. The first kappa shape index (κ1) is 11.9. The van der Waals surface area contributed by atoms with Crippen molar-refractivity contribution in [3.8, 4) is 0 Å². The number of hydrogen-bond acceptors (Lipinski definition) is 3. The van der Waals surface area contributed by atoms with E-state index in [4.69, 9.17) is 4.98 Å². The molecule has 0 atom stereocenters. The lowest BCUT2D eigenvalue weighted by Crippen LogP contribution is -2.44. The van der Waals surface area contributed by atoms with Gasteiger partial charge in [-0.1, -0.05) is 41.4 Å². The van der Waals surface area contributed by atoms with E-state index in [1.165, 1.54) is 11.1 Å². The molecule has 0 saturated heterocycles. The molecule has 0 spiro atoms. The number of para-hydroxylation sites is 2. The first-order chi connectivity index (χ1) is 10.9. The van der Waals surface area contributed by atoms with E-state index in [9.17, 15) is 0 Å². The van der Waals surface area contributed by atoms with E-state index in [1.54, 1.807) is 0 Å². The lowest BCUT2D eigenvalue weighted by atomic mass is 10.00. The van der Waals surface area contributed by atoms with Crippen molar-refractivity contribution in [1.82, 2.24) is 4.98 Å². The van der Waals surface area contributed by atoms with Crippen LogP contribution in [0, 0.1) is 0 Å². The minimum atomic E-state index is 0.907. The molecule has 5 rings (SSSR count). The standard InChI is InChI=1S/C18H15N4/c1-2-6-14-11-21(10-9-13(14)5-1)18-17-19-12-22(17)16-8-4-3-7-15(16)20-18/h1-8,12H,9-11H2/q+1. The molecular weight excluding hydrogens is 272 g/mol. The summed E-state index contributed by atoms with van der Waals surface area (Å²) < 4.78 is 2.14. The largest absolute Gasteiger partial charge is 0.346 e. The van der Waals surface area contributed by atoms with Crippen molar-refractivity contribution in [3.63, 3.8) is 0 Å². The minimum absolute atomic E-state index is 0.907. The van der Waals surface area contributed by atoms with Gasteiger partial charge in [0, 0.05) is 13.1 Å². The van der Waals surface area contributed by atoms with Crippen LogP contribution in [0.1, 0.15) is 11.1 Å². The Hall–Kier alpha value is -2.75. The molecule has 4 nitrogen and oxygen atoms in total. The molecule has 4 heteroatoms. The molecule has 3 heterocycles. The van der Waals surface area contributed by atoms with Crippen LogP contribution in [0.15, 0.2) is 53.5 Å². The van der Waals surface area contributed by atoms with Crippen LogP contribution in [0.4, 0.5) is 11.6 Å². The maximum atomic E-state index is 4.87. The van der Waals surface area contributed by atoms with Crippen LogP contribution < -0.4 is 9.47 Å². The lowest BCUT2D eigenvalue weighted by molar-refractivity contribution is -0.517. The number of aliphatic imine (C=N–C) groups is 1. The van der Waals surface area contributed by atoms with Gasteiger partial charge in [-0.3, -0.25) is 0 Å². The molecule has 2 aliphatic rings. The third-order valence-corrected chi connectivity index (χ3v) is 4.52. The van der Waals surface area contributed by atoms with E-state index in [-0.39, 0.29) is 0 Å². The number of benzene rings is 2. The Morgan fingerprint density at radius 1 is 0.955 bits per heavy atom. The van der Waals surface area contributed by atoms with Crippen molar-refractivity contribution in [2.45, 2.75) is 13.0 Å². The summed E-state index contributed by atoms with van der Waals surface area (Å²) in [6, 6.07) is 16.9. The topological polar surface area (TPSA) is 32.4 Å². The Morgan fingerprint density at radius 3 is 2.64 bits per heavy atom. The van der Waals surface area contributed by atoms with E-state index in [0.29, 0.717) is 0 Å². The van der Waals surface area contributed by atoms with Gasteiger partial charge in [0.1, 0.15) is 11.0 Å². The third kappa shape index (κ3) is 1.61. The second-order valence-corrected chi connectivity index (χ2v) is 5.80. The molecule has 0 saturated carbocycles. The van der Waals surface area contributed by atoms with Crippen LogP contribution in [-0.4, -0.2) is 17.9 Å². The second-order valence-electron chi connectivity index (χ2n) is 5.80. The van der Waals surface area contributed by atoms with Crippen molar-refractivity contribution < 1.29 is 4.57 Å². The molecule has 0 bridgehead atoms. The zero-order valence-corrected chi connectivity index (χ0v) is 12.1. The molecule has 22 heavy (non-hydrogen) atoms. The van der Waals surface area contributed by atoms with Gasteiger partial charge in [0.25, 0.3) is 0 Å². The molecule has 2 aliphatic heterocycles. The van der Waals surface area contributed by atoms with Gasteiger partial charge in [-0.05, 0) is 29.7 Å². The fourth-order valence-corrected chi connectivity index (χ4v) is 3.33. The Balaban J connectivity index is 1.63. The summed E-state index contributed by atoms with van der Waals surface area (Å²) in [7, 11) is 0. The highest BCUT2D eigenvalue weighted by atomic mass is 15.3. The summed E-state index contributed by atoms with van der Waals surface area (Å²) in [4.78, 5) is 11.7. The smallest absolute Gasteiger partial charge is 0.313 e. The van der Waals surface area contributed by atoms with Crippen LogP contribution in [-0.2, 0) is 13.0 Å². The highest BCUT2D eigenvalue weighted by Gasteiger charge is 2.29. The van der Waals surface area contributed by atoms with Gasteiger partial charge < -0.3 is 4.90 Å². The molecule has 0 radical (unpaired) electrons. The van der Waals surface area contributed by atoms with Gasteiger partial charge in [0.15, 0.2) is 0 Å². The van der Waals surface area contributed by atoms with Crippen molar-refractivity contribution in [1.29, 1.82) is 0 Å². The van der Waals surface area contributed by atoms with Gasteiger partial charge in [0.05, 0.1) is 0 Å². The van der Waals surface area contributed by atoms with Crippen molar-refractivity contribution >= 4 is 29.0 Å². The predicted octanol–water partition coefficient (Wildman–Crippen LogP) is 2.61. The molecule has 0 aliphatic carbocycles. The fraction of sp³-hybridized carbons (Fsp3) is 0.167. The second kappa shape index (κ2) is 4.37. The number of fused-ring (bicyclic) bond motifs is 4. The van der Waals surface area contributed by atoms with Gasteiger partial charge >= 0.3 is 5.82 Å². The zero-order chi connectivity index (χ0) is 14.5. The summed E-state index contributed by atoms with van der Waals surface area (Å²) in [5, 5.41) is 0. The maximum Gasteiger partial charge on any atom is 0.313 e. The van der Waals surface area contributed by atoms with E-state index in [1.807, 2.05) is 18.5 Å². The van der Waals surface area contributed by atoms with Crippen LogP contribution in [0.25, 0.3) is 11.0 Å². The average Bonchev–Trinajstić information content (AvgIpc) is 2.54. The first-order valence-electron chi connectivity index (χ1n) is 7.60. The Morgan fingerprint density at radius 2 is 1.77 bits per heavy atom. The van der Waals surface area contributed by atoms with E-state index in [0.717, 1.165) is 42.2 Å². The number of nitrogens with zero attached hydrogens (tertiary/aromatic N) is 4. The summed E-state index contributed by atoms with van der Waals surface area (Å²) in [5.74, 6) is 1.97. The number of hydrogen-bond donors (Lipinski definition) is 0. The summed E-state index contributed by atoms with van der Waals surface area (Å²) in [5.41, 5.74) is 4.99. The van der Waals surface area contributed by atoms with Crippen LogP contribution in [0.2, 0.25) is 0 Å². The van der Waals surface area contributed by atoms with E-state index >= 15 is 0 Å². The monoisotopic (exact) mass is 287 g/mol. The normalized spacial score (nSPS) is 15.4. The maximum absolute atomic E-state index is 4.87. The predicted molar refractivity (Wildman–Crippen MR) is 86.7 cm³/mol. The van der Waals surface area contributed by atoms with Crippen molar-refractivity contribution in [2.75, 3.05) is 11.4 Å². The zero-order valence-electron chi connectivity index (χ0n) is 12.1. The lowest BCUT2D eigenvalue weighted by Gasteiger charge is -2.30. The van der Waals surface area contributed by atoms with Gasteiger partial charge in [-0.25, -0.2) is 4.98 Å². The minimum Gasteiger partial charge on any atom is -0.346 e. The number of aromatic nitrogens is 2. The van der Waals surface area contributed by atoms with Crippen LogP contribution >= 0.6 is 0 Å². The molecule has 2 aromatic carbocycles. The fourth-order valence-electron chi connectivity index (χ4n) is 3.33. The van der Waals surface area contributed by atoms with E-state index < -0.39 is 0 Å². The molecular formula is C18H15N4+. The SMILES string of the molecule is C1=Nc2c(N3CCc4ccccc4C3)nc3ccccc3[n+]21. The highest BCUT2D eigenvalue weighted by molar-refractivity contribution is 5.82. The number of anilines is 1.